The van der Waals surface area contributed by atoms with E-state index in [-0.39, 0.29) is 0 Å². The molecule has 0 aliphatic carbocycles. The molecule has 3 heteroatoms. The van der Waals surface area contributed by atoms with E-state index in [2.05, 4.69) is 0 Å². The average molecular weight is 211 g/mol. The Kier molecular flexibility index (Phi) is 2.73. The van der Waals surface area contributed by atoms with Gasteiger partial charge in [0, 0.05) is 17.0 Å². The summed E-state index contributed by atoms with van der Waals surface area (Å²) in [5.41, 5.74) is 2.03. The van der Waals surface area contributed by atoms with E-state index in [1.165, 1.54) is 0 Å². The molecular formula is C11H11ClO2. The Bertz CT molecular complexity index is 361. The smallest absolute Gasteiger partial charge is 0.126 e. The van der Waals surface area contributed by atoms with Crippen LogP contribution >= 0.6 is 11.6 Å². The van der Waals surface area contributed by atoms with Crippen LogP contribution in [0.4, 0.5) is 0 Å². The predicted octanol–water partition coefficient (Wildman–Crippen LogP) is 2.41. The normalized spacial score (nSPS) is 14.4. The summed E-state index contributed by atoms with van der Waals surface area (Å²) in [6.45, 7) is 0.737. The number of carbonyl (C=O) groups is 1. The van der Waals surface area contributed by atoms with Crippen LogP contribution in [0.15, 0.2) is 12.1 Å². The van der Waals surface area contributed by atoms with Crippen LogP contribution in [0.25, 0.3) is 0 Å². The van der Waals surface area contributed by atoms with Crippen molar-refractivity contribution in [2.45, 2.75) is 19.3 Å². The van der Waals surface area contributed by atoms with Crippen molar-refractivity contribution in [1.29, 1.82) is 0 Å². The molecule has 1 aromatic rings. The summed E-state index contributed by atoms with van der Waals surface area (Å²) in [6, 6.07) is 3.73. The Balaban J connectivity index is 2.46. The Morgan fingerprint density at radius 2 is 2.36 bits per heavy atom. The first kappa shape index (κ1) is 9.53. The number of hydrogen-bond donors (Lipinski definition) is 0. The van der Waals surface area contributed by atoms with Crippen molar-refractivity contribution in [2.75, 3.05) is 6.61 Å². The minimum Gasteiger partial charge on any atom is -0.493 e. The molecule has 0 atom stereocenters. The first-order valence-electron chi connectivity index (χ1n) is 4.69. The second-order valence-electron chi connectivity index (χ2n) is 3.38. The molecule has 1 aliphatic heterocycles. The monoisotopic (exact) mass is 210 g/mol. The molecule has 0 N–H and O–H groups in total. The number of hydrogen-bond acceptors (Lipinski definition) is 2. The number of aryl methyl sites for hydroxylation is 1. The van der Waals surface area contributed by atoms with E-state index < -0.39 is 0 Å². The minimum atomic E-state index is 0.378. The van der Waals surface area contributed by atoms with Gasteiger partial charge in [-0.3, -0.25) is 0 Å². The standard InChI is InChI=1S/C11H11ClO2/c12-10-6-8-2-1-5-14-11(8)9(7-10)3-4-13/h4,6-7H,1-3,5H2. The fourth-order valence-electron chi connectivity index (χ4n) is 1.76. The van der Waals surface area contributed by atoms with Gasteiger partial charge >= 0.3 is 0 Å². The number of aldehydes is 1. The molecule has 14 heavy (non-hydrogen) atoms. The largest absolute Gasteiger partial charge is 0.493 e. The van der Waals surface area contributed by atoms with E-state index >= 15 is 0 Å². The molecule has 0 spiro atoms. The van der Waals surface area contributed by atoms with Gasteiger partial charge in [0.1, 0.15) is 12.0 Å². The maximum Gasteiger partial charge on any atom is 0.126 e. The zero-order valence-electron chi connectivity index (χ0n) is 7.75. The van der Waals surface area contributed by atoms with E-state index in [0.29, 0.717) is 11.4 Å². The van der Waals surface area contributed by atoms with Crippen LogP contribution in [0, 0.1) is 0 Å². The third-order valence-electron chi connectivity index (χ3n) is 2.35. The molecular weight excluding hydrogens is 200 g/mol. The molecule has 1 aliphatic rings. The topological polar surface area (TPSA) is 26.3 Å². The lowest BCUT2D eigenvalue weighted by atomic mass is 10.0. The molecule has 0 saturated carbocycles. The van der Waals surface area contributed by atoms with E-state index in [1.54, 1.807) is 6.07 Å². The summed E-state index contributed by atoms with van der Waals surface area (Å²) >= 11 is 5.95. The van der Waals surface area contributed by atoms with Gasteiger partial charge in [-0.05, 0) is 30.5 Å². The van der Waals surface area contributed by atoms with Gasteiger partial charge in [-0.1, -0.05) is 11.6 Å². The highest BCUT2D eigenvalue weighted by Crippen LogP contribution is 2.32. The van der Waals surface area contributed by atoms with Gasteiger partial charge in [-0.2, -0.15) is 0 Å². The van der Waals surface area contributed by atoms with Crippen LogP contribution in [0.2, 0.25) is 5.02 Å². The van der Waals surface area contributed by atoms with Crippen LogP contribution in [-0.4, -0.2) is 12.9 Å². The van der Waals surface area contributed by atoms with Gasteiger partial charge in [-0.25, -0.2) is 0 Å². The van der Waals surface area contributed by atoms with Gasteiger partial charge < -0.3 is 9.53 Å². The quantitative estimate of drug-likeness (QED) is 0.701. The van der Waals surface area contributed by atoms with E-state index in [9.17, 15) is 4.79 Å². The highest BCUT2D eigenvalue weighted by molar-refractivity contribution is 6.30. The molecule has 0 fully saturated rings. The summed E-state index contributed by atoms with van der Waals surface area (Å²) in [5.74, 6) is 0.868. The van der Waals surface area contributed by atoms with Crippen molar-refractivity contribution in [3.05, 3.63) is 28.3 Å². The molecule has 2 nitrogen and oxygen atoms in total. The number of fused-ring (bicyclic) bond motifs is 1. The third kappa shape index (κ3) is 1.75. The fourth-order valence-corrected chi connectivity index (χ4v) is 2.02. The molecule has 1 heterocycles. The van der Waals surface area contributed by atoms with Gasteiger partial charge in [0.25, 0.3) is 0 Å². The molecule has 0 saturated heterocycles. The zero-order chi connectivity index (χ0) is 9.97. The minimum absolute atomic E-state index is 0.378. The third-order valence-corrected chi connectivity index (χ3v) is 2.57. The zero-order valence-corrected chi connectivity index (χ0v) is 8.51. The highest BCUT2D eigenvalue weighted by atomic mass is 35.5. The van der Waals surface area contributed by atoms with E-state index in [1.807, 2.05) is 6.07 Å². The summed E-state index contributed by atoms with van der Waals surface area (Å²) in [7, 11) is 0. The average Bonchev–Trinajstić information content (AvgIpc) is 2.18. The molecule has 0 unspecified atom stereocenters. The molecule has 0 bridgehead atoms. The number of halogens is 1. The van der Waals surface area contributed by atoms with Gasteiger partial charge in [0.2, 0.25) is 0 Å². The number of benzene rings is 1. The van der Waals surface area contributed by atoms with E-state index in [0.717, 1.165) is 42.6 Å². The molecule has 0 aromatic heterocycles. The van der Waals surface area contributed by atoms with Crippen molar-refractivity contribution in [1.82, 2.24) is 0 Å². The Morgan fingerprint density at radius 3 is 3.14 bits per heavy atom. The summed E-state index contributed by atoms with van der Waals surface area (Å²) in [6.07, 6.45) is 3.27. The Morgan fingerprint density at radius 1 is 1.50 bits per heavy atom. The first-order chi connectivity index (χ1) is 6.81. The van der Waals surface area contributed by atoms with Gasteiger partial charge in [-0.15, -0.1) is 0 Å². The molecule has 0 radical (unpaired) electrons. The lowest BCUT2D eigenvalue weighted by molar-refractivity contribution is -0.107. The van der Waals surface area contributed by atoms with Crippen molar-refractivity contribution in [3.63, 3.8) is 0 Å². The maximum atomic E-state index is 10.5. The lowest BCUT2D eigenvalue weighted by Gasteiger charge is -2.20. The Hall–Kier alpha value is -1.02. The van der Waals surface area contributed by atoms with Gasteiger partial charge in [0.05, 0.1) is 6.61 Å². The number of rotatable bonds is 2. The van der Waals surface area contributed by atoms with Crippen molar-refractivity contribution < 1.29 is 9.53 Å². The molecule has 0 amide bonds. The summed E-state index contributed by atoms with van der Waals surface area (Å²) in [5, 5.41) is 0.686. The van der Waals surface area contributed by atoms with Crippen LogP contribution in [0.5, 0.6) is 5.75 Å². The maximum absolute atomic E-state index is 10.5. The summed E-state index contributed by atoms with van der Waals surface area (Å²) in [4.78, 5) is 10.5. The van der Waals surface area contributed by atoms with Gasteiger partial charge in [0.15, 0.2) is 0 Å². The number of carbonyl (C=O) groups excluding carboxylic acids is 1. The van der Waals surface area contributed by atoms with Crippen molar-refractivity contribution in [3.8, 4) is 5.75 Å². The molecule has 2 rings (SSSR count). The second-order valence-corrected chi connectivity index (χ2v) is 3.81. The van der Waals surface area contributed by atoms with Crippen LogP contribution in [-0.2, 0) is 17.6 Å². The lowest BCUT2D eigenvalue weighted by Crippen LogP contribution is -2.10. The SMILES string of the molecule is O=CCc1cc(Cl)cc2c1OCCC2. The predicted molar refractivity (Wildman–Crippen MR) is 55.0 cm³/mol. The molecule has 74 valence electrons. The highest BCUT2D eigenvalue weighted by Gasteiger charge is 2.15. The van der Waals surface area contributed by atoms with Crippen LogP contribution < -0.4 is 4.74 Å². The van der Waals surface area contributed by atoms with E-state index in [4.69, 9.17) is 16.3 Å². The second kappa shape index (κ2) is 4.01. The van der Waals surface area contributed by atoms with Crippen LogP contribution in [0.1, 0.15) is 17.5 Å². The number of ether oxygens (including phenoxy) is 1. The Labute approximate surface area is 87.8 Å². The van der Waals surface area contributed by atoms with Crippen LogP contribution in [0.3, 0.4) is 0 Å². The fraction of sp³-hybridized carbons (Fsp3) is 0.364. The first-order valence-corrected chi connectivity index (χ1v) is 5.07. The van der Waals surface area contributed by atoms with Crippen molar-refractivity contribution in [2.24, 2.45) is 0 Å². The molecule has 1 aromatic carbocycles. The summed E-state index contributed by atoms with van der Waals surface area (Å²) < 4.78 is 5.54. The van der Waals surface area contributed by atoms with Crippen molar-refractivity contribution >= 4 is 17.9 Å².